The molecule has 3 atom stereocenters. The Labute approximate surface area is 115 Å². The predicted molar refractivity (Wildman–Crippen MR) is 78.5 cm³/mol. The van der Waals surface area contributed by atoms with Gasteiger partial charge in [-0.1, -0.05) is 6.42 Å². The summed E-state index contributed by atoms with van der Waals surface area (Å²) in [4.78, 5) is 7.02. The fraction of sp³-hybridized carbons (Fsp3) is 0.688. The van der Waals surface area contributed by atoms with Gasteiger partial charge in [-0.05, 0) is 56.1 Å². The van der Waals surface area contributed by atoms with Crippen molar-refractivity contribution in [3.63, 3.8) is 0 Å². The minimum atomic E-state index is 0.707. The third kappa shape index (κ3) is 2.19. The van der Waals surface area contributed by atoms with Crippen molar-refractivity contribution in [3.05, 3.63) is 18.3 Å². The number of anilines is 2. The average molecular weight is 257 g/mol. The molecule has 1 saturated heterocycles. The van der Waals surface area contributed by atoms with Crippen LogP contribution >= 0.6 is 0 Å². The number of hydrogen-bond acceptors (Lipinski definition) is 3. The van der Waals surface area contributed by atoms with Crippen LogP contribution in [0.4, 0.5) is 11.5 Å². The van der Waals surface area contributed by atoms with E-state index in [1.807, 2.05) is 6.20 Å². The van der Waals surface area contributed by atoms with Crippen LogP contribution in [-0.2, 0) is 0 Å². The Balaban J connectivity index is 1.41. The molecule has 3 fully saturated rings. The fourth-order valence-corrected chi connectivity index (χ4v) is 4.24. The molecule has 3 aliphatic rings. The maximum atomic E-state index is 4.63. The quantitative estimate of drug-likeness (QED) is 0.900. The van der Waals surface area contributed by atoms with Crippen LogP contribution in [0.15, 0.2) is 18.3 Å². The molecule has 4 rings (SSSR count). The number of nitrogens with one attached hydrogen (secondary N) is 1. The van der Waals surface area contributed by atoms with Gasteiger partial charge < -0.3 is 10.2 Å². The molecule has 1 N–H and O–H groups in total. The van der Waals surface area contributed by atoms with E-state index in [-0.39, 0.29) is 0 Å². The van der Waals surface area contributed by atoms with Crippen molar-refractivity contribution in [1.82, 2.24) is 4.98 Å². The monoisotopic (exact) mass is 257 g/mol. The SMILES string of the molecule is c1cc(N2CCCC2)ncc1NC1CC2CCC1C2. The van der Waals surface area contributed by atoms with E-state index in [1.165, 1.54) is 57.3 Å². The van der Waals surface area contributed by atoms with Crippen LogP contribution in [-0.4, -0.2) is 24.1 Å². The van der Waals surface area contributed by atoms with Crippen LogP contribution in [0.2, 0.25) is 0 Å². The van der Waals surface area contributed by atoms with Crippen molar-refractivity contribution < 1.29 is 0 Å². The molecule has 0 spiro atoms. The van der Waals surface area contributed by atoms with Crippen LogP contribution in [0, 0.1) is 11.8 Å². The molecule has 2 aliphatic carbocycles. The van der Waals surface area contributed by atoms with Gasteiger partial charge in [-0.15, -0.1) is 0 Å². The Morgan fingerprint density at radius 2 is 2.00 bits per heavy atom. The van der Waals surface area contributed by atoms with Crippen molar-refractivity contribution in [2.45, 2.75) is 44.6 Å². The van der Waals surface area contributed by atoms with Crippen molar-refractivity contribution >= 4 is 11.5 Å². The number of fused-ring (bicyclic) bond motifs is 2. The van der Waals surface area contributed by atoms with Gasteiger partial charge in [0.2, 0.25) is 0 Å². The maximum absolute atomic E-state index is 4.63. The highest BCUT2D eigenvalue weighted by atomic mass is 15.2. The molecule has 1 aromatic heterocycles. The smallest absolute Gasteiger partial charge is 0.128 e. The average Bonchev–Trinajstić information content (AvgIpc) is 3.17. The molecule has 1 aromatic rings. The second kappa shape index (κ2) is 4.69. The van der Waals surface area contributed by atoms with Gasteiger partial charge in [0, 0.05) is 19.1 Å². The molecule has 0 amide bonds. The largest absolute Gasteiger partial charge is 0.381 e. The Bertz CT molecular complexity index is 436. The van der Waals surface area contributed by atoms with Crippen molar-refractivity contribution in [3.8, 4) is 0 Å². The van der Waals surface area contributed by atoms with Gasteiger partial charge in [0.25, 0.3) is 0 Å². The lowest BCUT2D eigenvalue weighted by Gasteiger charge is -2.24. The van der Waals surface area contributed by atoms with Crippen LogP contribution in [0.1, 0.15) is 38.5 Å². The molecule has 0 aromatic carbocycles. The highest BCUT2D eigenvalue weighted by molar-refractivity contribution is 5.49. The van der Waals surface area contributed by atoms with Crippen molar-refractivity contribution in [2.75, 3.05) is 23.3 Å². The molecule has 0 radical (unpaired) electrons. The van der Waals surface area contributed by atoms with E-state index in [4.69, 9.17) is 0 Å². The van der Waals surface area contributed by atoms with E-state index >= 15 is 0 Å². The van der Waals surface area contributed by atoms with E-state index in [2.05, 4.69) is 27.3 Å². The summed E-state index contributed by atoms with van der Waals surface area (Å²) in [5, 5.41) is 3.71. The summed E-state index contributed by atoms with van der Waals surface area (Å²) in [5.41, 5.74) is 1.21. The molecule has 2 saturated carbocycles. The first kappa shape index (κ1) is 11.6. The van der Waals surface area contributed by atoms with Crippen LogP contribution < -0.4 is 10.2 Å². The first-order valence-electron chi connectivity index (χ1n) is 7.86. The summed E-state index contributed by atoms with van der Waals surface area (Å²) >= 11 is 0. The molecule has 3 heteroatoms. The fourth-order valence-electron chi connectivity index (χ4n) is 4.24. The lowest BCUT2D eigenvalue weighted by atomic mass is 9.95. The molecule has 102 valence electrons. The second-order valence-electron chi connectivity index (χ2n) is 6.52. The van der Waals surface area contributed by atoms with Crippen molar-refractivity contribution in [1.29, 1.82) is 0 Å². The van der Waals surface area contributed by atoms with Crippen LogP contribution in [0.3, 0.4) is 0 Å². The number of nitrogens with zero attached hydrogens (tertiary/aromatic N) is 2. The zero-order valence-electron chi connectivity index (χ0n) is 11.5. The highest BCUT2D eigenvalue weighted by Crippen LogP contribution is 2.45. The van der Waals surface area contributed by atoms with Gasteiger partial charge >= 0.3 is 0 Å². The first-order chi connectivity index (χ1) is 9.38. The topological polar surface area (TPSA) is 28.2 Å². The van der Waals surface area contributed by atoms with E-state index < -0.39 is 0 Å². The highest BCUT2D eigenvalue weighted by Gasteiger charge is 2.39. The Morgan fingerprint density at radius 1 is 1.11 bits per heavy atom. The summed E-state index contributed by atoms with van der Waals surface area (Å²) in [6.07, 6.45) is 10.4. The minimum Gasteiger partial charge on any atom is -0.381 e. The number of aromatic nitrogens is 1. The van der Waals surface area contributed by atoms with Crippen molar-refractivity contribution in [2.24, 2.45) is 11.8 Å². The number of rotatable bonds is 3. The summed E-state index contributed by atoms with van der Waals surface area (Å²) in [6, 6.07) is 5.10. The molecule has 19 heavy (non-hydrogen) atoms. The molecular weight excluding hydrogens is 234 g/mol. The first-order valence-corrected chi connectivity index (χ1v) is 7.86. The molecule has 1 aliphatic heterocycles. The molecule has 3 nitrogen and oxygen atoms in total. The second-order valence-corrected chi connectivity index (χ2v) is 6.52. The summed E-state index contributed by atoms with van der Waals surface area (Å²) in [6.45, 7) is 2.35. The maximum Gasteiger partial charge on any atom is 0.128 e. The summed E-state index contributed by atoms with van der Waals surface area (Å²) in [7, 11) is 0. The lowest BCUT2D eigenvalue weighted by Crippen LogP contribution is -2.26. The zero-order valence-corrected chi connectivity index (χ0v) is 11.5. The van der Waals surface area contributed by atoms with E-state index in [9.17, 15) is 0 Å². The van der Waals surface area contributed by atoms with E-state index in [0.29, 0.717) is 6.04 Å². The third-order valence-corrected chi connectivity index (χ3v) is 5.27. The molecule has 3 unspecified atom stereocenters. The Hall–Kier alpha value is -1.25. The molecule has 2 heterocycles. The predicted octanol–water partition coefficient (Wildman–Crippen LogP) is 3.28. The number of pyridine rings is 1. The van der Waals surface area contributed by atoms with Gasteiger partial charge in [-0.25, -0.2) is 4.98 Å². The zero-order chi connectivity index (χ0) is 12.7. The summed E-state index contributed by atoms with van der Waals surface area (Å²) < 4.78 is 0. The van der Waals surface area contributed by atoms with Gasteiger partial charge in [0.05, 0.1) is 11.9 Å². The van der Waals surface area contributed by atoms with Gasteiger partial charge in [-0.3, -0.25) is 0 Å². The van der Waals surface area contributed by atoms with E-state index in [0.717, 1.165) is 17.7 Å². The molecule has 2 bridgehead atoms. The van der Waals surface area contributed by atoms with Crippen LogP contribution in [0.5, 0.6) is 0 Å². The molecular formula is C16H23N3. The van der Waals surface area contributed by atoms with Gasteiger partial charge in [0.1, 0.15) is 5.82 Å². The minimum absolute atomic E-state index is 0.707. The Morgan fingerprint density at radius 3 is 2.63 bits per heavy atom. The summed E-state index contributed by atoms with van der Waals surface area (Å²) in [5.74, 6) is 3.07. The van der Waals surface area contributed by atoms with Gasteiger partial charge in [0.15, 0.2) is 0 Å². The lowest BCUT2D eigenvalue weighted by molar-refractivity contribution is 0.439. The normalized spacial score (nSPS) is 33.1. The Kier molecular flexibility index (Phi) is 2.86. The number of hydrogen-bond donors (Lipinski definition) is 1. The third-order valence-electron chi connectivity index (χ3n) is 5.27. The standard InChI is InChI=1S/C16H23N3/c1-2-8-19(7-1)16-6-5-14(11-17-16)18-15-10-12-3-4-13(15)9-12/h5-6,11-13,15,18H,1-4,7-10H2. The van der Waals surface area contributed by atoms with E-state index in [1.54, 1.807) is 0 Å². The van der Waals surface area contributed by atoms with Crippen LogP contribution in [0.25, 0.3) is 0 Å². The van der Waals surface area contributed by atoms with Gasteiger partial charge in [-0.2, -0.15) is 0 Å².